The zero-order chi connectivity index (χ0) is 36.3. The van der Waals surface area contributed by atoms with E-state index in [1.165, 1.54) is 110 Å². The predicted molar refractivity (Wildman–Crippen MR) is 214 cm³/mol. The number of nitrogens with one attached hydrogen (secondary N) is 3. The molecule has 5 aliphatic rings. The van der Waals surface area contributed by atoms with Crippen molar-refractivity contribution in [3.8, 4) is 0 Å². The third-order valence-corrected chi connectivity index (χ3v) is 4.78. The summed E-state index contributed by atoms with van der Waals surface area (Å²) in [6, 6.07) is 0. The van der Waals surface area contributed by atoms with Crippen molar-refractivity contribution in [1.29, 1.82) is 0 Å². The Balaban J connectivity index is -0.000000136. The van der Waals surface area contributed by atoms with E-state index in [9.17, 15) is 0 Å². The van der Waals surface area contributed by atoms with Gasteiger partial charge in [0.2, 0.25) is 0 Å². The van der Waals surface area contributed by atoms with Crippen molar-refractivity contribution in [1.82, 2.24) is 16.0 Å². The Morgan fingerprint density at radius 3 is 0.500 bits per heavy atom. The number of hydrogen-bond donors (Lipinski definition) is 3. The quantitative estimate of drug-likeness (QED) is 0.241. The van der Waals surface area contributed by atoms with Gasteiger partial charge in [0.1, 0.15) is 0 Å². The molecule has 286 valence electrons. The van der Waals surface area contributed by atoms with Crippen molar-refractivity contribution in [2.75, 3.05) is 65.7 Å². The molecule has 5 saturated heterocycles. The Labute approximate surface area is 294 Å². The average Bonchev–Trinajstić information content (AvgIpc) is 3.69. The van der Waals surface area contributed by atoms with E-state index in [4.69, 9.17) is 9.47 Å². The van der Waals surface area contributed by atoms with Crippen molar-refractivity contribution < 1.29 is 9.47 Å². The Morgan fingerprint density at radius 1 is 0.261 bits per heavy atom. The van der Waals surface area contributed by atoms with Gasteiger partial charge < -0.3 is 25.4 Å². The number of hydrogen-bond acceptors (Lipinski definition) is 5. The second-order valence-electron chi connectivity index (χ2n) is 16.0. The van der Waals surface area contributed by atoms with E-state index in [1.807, 2.05) is 0 Å². The molecule has 5 heterocycles. The van der Waals surface area contributed by atoms with Crippen molar-refractivity contribution in [2.24, 2.45) is 29.6 Å². The lowest BCUT2D eigenvalue weighted by Gasteiger charge is -2.09. The molecule has 0 amide bonds. The second-order valence-corrected chi connectivity index (χ2v) is 16.0. The highest BCUT2D eigenvalue weighted by atomic mass is 16.5. The van der Waals surface area contributed by atoms with Crippen LogP contribution < -0.4 is 16.0 Å². The molecule has 5 fully saturated rings. The summed E-state index contributed by atoms with van der Waals surface area (Å²) < 4.78 is 10.0. The maximum absolute atomic E-state index is 5.07. The van der Waals surface area contributed by atoms with Gasteiger partial charge in [-0.3, -0.25) is 0 Å². The maximum Gasteiger partial charge on any atom is 0.0466 e. The minimum Gasteiger partial charge on any atom is -0.381 e. The smallest absolute Gasteiger partial charge is 0.0466 e. The van der Waals surface area contributed by atoms with Crippen LogP contribution in [0, 0.1) is 29.6 Å². The molecule has 0 unspecified atom stereocenters. The average molecular weight is 662 g/mol. The van der Waals surface area contributed by atoms with Gasteiger partial charge in [0, 0.05) is 26.4 Å². The molecule has 0 radical (unpaired) electrons. The van der Waals surface area contributed by atoms with Gasteiger partial charge in [-0.2, -0.15) is 0 Å². The molecule has 0 atom stereocenters. The van der Waals surface area contributed by atoms with E-state index in [0.29, 0.717) is 0 Å². The van der Waals surface area contributed by atoms with Crippen LogP contribution in [0.25, 0.3) is 0 Å². The Hall–Kier alpha value is -0.200. The van der Waals surface area contributed by atoms with Crippen LogP contribution in [-0.4, -0.2) is 65.7 Å². The largest absolute Gasteiger partial charge is 0.381 e. The molecular formula is C41H95N3O2. The van der Waals surface area contributed by atoms with E-state index in [2.05, 4.69) is 120 Å². The lowest BCUT2D eigenvalue weighted by Crippen LogP contribution is -2.29. The minimum absolute atomic E-state index is 0.833. The molecule has 5 rings (SSSR count). The van der Waals surface area contributed by atoms with E-state index in [-0.39, 0.29) is 0 Å². The van der Waals surface area contributed by atoms with Gasteiger partial charge in [-0.1, -0.05) is 110 Å². The summed E-state index contributed by atoms with van der Waals surface area (Å²) in [6.07, 6.45) is 14.9. The fourth-order valence-corrected chi connectivity index (χ4v) is 2.80. The first kappa shape index (κ1) is 55.2. The highest BCUT2D eigenvalue weighted by Crippen LogP contribution is 2.02. The Kier molecular flexibility index (Phi) is 62.0. The maximum atomic E-state index is 5.07. The number of ether oxygens (including phenoxy) is 2. The third-order valence-electron chi connectivity index (χ3n) is 4.78. The van der Waals surface area contributed by atoms with Crippen molar-refractivity contribution in [2.45, 2.75) is 174 Å². The fourth-order valence-electron chi connectivity index (χ4n) is 2.80. The van der Waals surface area contributed by atoms with E-state index < -0.39 is 0 Å². The molecule has 5 nitrogen and oxygen atoms in total. The predicted octanol–water partition coefficient (Wildman–Crippen LogP) is 11.4. The number of piperidine rings is 1. The lowest BCUT2D eigenvalue weighted by molar-refractivity contribution is 0.0968. The fraction of sp³-hybridized carbons (Fsp3) is 1.00. The normalized spacial score (nSPS) is 17.5. The minimum atomic E-state index is 0.833. The summed E-state index contributed by atoms with van der Waals surface area (Å²) in [5, 5.41) is 9.62. The molecule has 0 saturated carbocycles. The van der Waals surface area contributed by atoms with Crippen molar-refractivity contribution in [3.05, 3.63) is 0 Å². The highest BCUT2D eigenvalue weighted by molar-refractivity contribution is 4.57. The van der Waals surface area contributed by atoms with Crippen LogP contribution in [-0.2, 0) is 9.47 Å². The van der Waals surface area contributed by atoms with E-state index in [0.717, 1.165) is 56.0 Å². The molecule has 0 aromatic carbocycles. The third kappa shape index (κ3) is 121. The Morgan fingerprint density at radius 2 is 0.413 bits per heavy atom. The standard InChI is InChI=1S/C5H11N.C5H10O.C4H9N.C4H8O.5C4H10.C3H7N/c2*1-2-4-6-5-3-1;2*1-2-4-5-3-1;5*1-4(2)3;1-2-4-3-1/h6H,1-5H2;1-5H2;5H,1-4H2;1-4H2;5*4H,1-3H3;4H,1-3H2. The molecule has 0 bridgehead atoms. The van der Waals surface area contributed by atoms with Gasteiger partial charge in [-0.15, -0.1) is 0 Å². The zero-order valence-corrected chi connectivity index (χ0v) is 35.1. The number of rotatable bonds is 0. The SMILES string of the molecule is C1CCNC1.C1CCNCC1.C1CCOC1.C1CCOCC1.C1CNC1.CC(C)C.CC(C)C.CC(C)C.CC(C)C.CC(C)C. The molecule has 0 aromatic heterocycles. The van der Waals surface area contributed by atoms with Gasteiger partial charge in [0.25, 0.3) is 0 Å². The van der Waals surface area contributed by atoms with Gasteiger partial charge in [-0.05, 0) is 133 Å². The highest BCUT2D eigenvalue weighted by Gasteiger charge is 1.96. The summed E-state index contributed by atoms with van der Waals surface area (Å²) in [5.41, 5.74) is 0. The molecule has 0 aromatic rings. The Bertz CT molecular complexity index is 324. The molecule has 5 heteroatoms. The first-order valence-electron chi connectivity index (χ1n) is 19.9. The lowest BCUT2D eigenvalue weighted by atomic mass is 10.2. The van der Waals surface area contributed by atoms with Gasteiger partial charge >= 0.3 is 0 Å². The van der Waals surface area contributed by atoms with Crippen LogP contribution in [0.3, 0.4) is 0 Å². The topological polar surface area (TPSA) is 54.5 Å². The summed E-state index contributed by atoms with van der Waals surface area (Å²) in [7, 11) is 0. The van der Waals surface area contributed by atoms with Crippen LogP contribution in [0.4, 0.5) is 0 Å². The van der Waals surface area contributed by atoms with Crippen LogP contribution >= 0.6 is 0 Å². The van der Waals surface area contributed by atoms with Gasteiger partial charge in [0.05, 0.1) is 0 Å². The summed E-state index contributed by atoms with van der Waals surface area (Å²) in [5.74, 6) is 4.17. The van der Waals surface area contributed by atoms with Gasteiger partial charge in [0.15, 0.2) is 0 Å². The van der Waals surface area contributed by atoms with E-state index >= 15 is 0 Å². The molecule has 0 aliphatic carbocycles. The van der Waals surface area contributed by atoms with Crippen LogP contribution in [0.5, 0.6) is 0 Å². The van der Waals surface area contributed by atoms with E-state index in [1.54, 1.807) is 0 Å². The first-order valence-corrected chi connectivity index (χ1v) is 19.9. The monoisotopic (exact) mass is 662 g/mol. The molecule has 46 heavy (non-hydrogen) atoms. The van der Waals surface area contributed by atoms with Crippen molar-refractivity contribution in [3.63, 3.8) is 0 Å². The zero-order valence-electron chi connectivity index (χ0n) is 35.1. The summed E-state index contributed by atoms with van der Waals surface area (Å²) >= 11 is 0. The molecule has 3 N–H and O–H groups in total. The summed E-state index contributed by atoms with van der Waals surface area (Å²) in [4.78, 5) is 0. The second kappa shape index (κ2) is 51.6. The van der Waals surface area contributed by atoms with Crippen LogP contribution in [0.2, 0.25) is 0 Å². The van der Waals surface area contributed by atoms with Crippen LogP contribution in [0.15, 0.2) is 0 Å². The molecular weight excluding hydrogens is 566 g/mol. The van der Waals surface area contributed by atoms with Crippen molar-refractivity contribution >= 4 is 0 Å². The van der Waals surface area contributed by atoms with Gasteiger partial charge in [-0.25, -0.2) is 0 Å². The van der Waals surface area contributed by atoms with Crippen LogP contribution in [0.1, 0.15) is 174 Å². The molecule has 0 spiro atoms. The molecule has 5 aliphatic heterocycles. The first-order chi connectivity index (χ1) is 21.7. The summed E-state index contributed by atoms with van der Waals surface area (Å²) in [6.45, 7) is 44.0.